The molecular weight excluding hydrogens is 418 g/mol. The predicted octanol–water partition coefficient (Wildman–Crippen LogP) is 8.34. The van der Waals surface area contributed by atoms with E-state index in [9.17, 15) is 10.2 Å². The first-order valence-electron chi connectivity index (χ1n) is 14.3. The Bertz CT molecular complexity index is 301. The van der Waals surface area contributed by atoms with Gasteiger partial charge in [-0.1, -0.05) is 129 Å². The van der Waals surface area contributed by atoms with Crippen molar-refractivity contribution in [2.24, 2.45) is 0 Å². The lowest BCUT2D eigenvalue weighted by atomic mass is 9.99. The van der Waals surface area contributed by atoms with Gasteiger partial charge in [0, 0.05) is 25.3 Å². The van der Waals surface area contributed by atoms with Gasteiger partial charge >= 0.3 is 0 Å². The molecule has 0 aromatic heterocycles. The highest BCUT2D eigenvalue weighted by Gasteiger charge is 2.14. The summed E-state index contributed by atoms with van der Waals surface area (Å²) in [5, 5.41) is 22.8. The molecule has 0 aliphatic carbocycles. The van der Waals surface area contributed by atoms with E-state index in [1.54, 1.807) is 0 Å². The fourth-order valence-electron chi connectivity index (χ4n) is 4.67. The van der Waals surface area contributed by atoms with Crippen LogP contribution in [-0.2, 0) is 0 Å². The maximum Gasteiger partial charge on any atom is 0.0445 e. The van der Waals surface area contributed by atoms with Crippen molar-refractivity contribution in [2.75, 3.05) is 13.2 Å². The van der Waals surface area contributed by atoms with Gasteiger partial charge in [0.1, 0.15) is 0 Å². The molecule has 0 aliphatic rings. The van der Waals surface area contributed by atoms with Gasteiger partial charge in [0.05, 0.1) is 0 Å². The van der Waals surface area contributed by atoms with Gasteiger partial charge in [-0.3, -0.25) is 0 Å². The third kappa shape index (κ3) is 24.8. The van der Waals surface area contributed by atoms with Gasteiger partial charge in [0.15, 0.2) is 0 Å². The van der Waals surface area contributed by atoms with Crippen LogP contribution in [0.15, 0.2) is 0 Å². The number of hydrogen-bond acceptors (Lipinski definition) is 3. The van der Waals surface area contributed by atoms with Crippen molar-refractivity contribution < 1.29 is 10.2 Å². The van der Waals surface area contributed by atoms with Crippen molar-refractivity contribution >= 4 is 12.4 Å². The molecule has 4 heteroatoms. The third-order valence-electron chi connectivity index (χ3n) is 6.74. The smallest absolute Gasteiger partial charge is 0.0445 e. The summed E-state index contributed by atoms with van der Waals surface area (Å²) in [5.41, 5.74) is 0. The van der Waals surface area contributed by atoms with Gasteiger partial charge in [0.25, 0.3) is 0 Å². The molecule has 0 spiro atoms. The van der Waals surface area contributed by atoms with E-state index in [1.807, 2.05) is 0 Å². The molecule has 2 unspecified atom stereocenters. The minimum atomic E-state index is 0. The summed E-state index contributed by atoms with van der Waals surface area (Å²) in [5.74, 6) is 0. The second kappa shape index (κ2) is 29.2. The number of nitrogens with one attached hydrogen (secondary N) is 1. The van der Waals surface area contributed by atoms with Gasteiger partial charge in [-0.05, 0) is 25.7 Å². The topological polar surface area (TPSA) is 52.5 Å². The van der Waals surface area contributed by atoms with Crippen molar-refractivity contribution in [3.63, 3.8) is 0 Å². The lowest BCUT2D eigenvalue weighted by Gasteiger charge is -2.25. The minimum Gasteiger partial charge on any atom is -0.396 e. The summed E-state index contributed by atoms with van der Waals surface area (Å²) in [7, 11) is 0. The molecule has 2 atom stereocenters. The normalized spacial score (nSPS) is 13.1. The van der Waals surface area contributed by atoms with Crippen LogP contribution in [0.1, 0.15) is 155 Å². The van der Waals surface area contributed by atoms with Gasteiger partial charge in [-0.15, -0.1) is 12.4 Å². The quantitative estimate of drug-likeness (QED) is 0.110. The van der Waals surface area contributed by atoms with Gasteiger partial charge in [-0.2, -0.15) is 0 Å². The molecule has 196 valence electrons. The van der Waals surface area contributed by atoms with Gasteiger partial charge in [-0.25, -0.2) is 0 Å². The van der Waals surface area contributed by atoms with E-state index < -0.39 is 0 Å². The highest BCUT2D eigenvalue weighted by Crippen LogP contribution is 2.16. The molecule has 0 rings (SSSR count). The molecule has 0 heterocycles. The molecule has 0 radical (unpaired) electrons. The summed E-state index contributed by atoms with van der Waals surface area (Å²) in [6.07, 6.45) is 28.5. The SMILES string of the molecule is CCCCCCCCCCCC(CCO)NC(CCO)CCCCCCCCCCC.Cl. The largest absolute Gasteiger partial charge is 0.396 e. The molecule has 32 heavy (non-hydrogen) atoms. The molecule has 3 nitrogen and oxygen atoms in total. The Hall–Kier alpha value is 0.170. The summed E-state index contributed by atoms with van der Waals surface area (Å²) in [4.78, 5) is 0. The standard InChI is InChI=1S/C28H59NO2.ClH/c1-3-5-7-9-11-13-15-17-19-21-27(23-25-30)29-28(24-26-31)22-20-18-16-14-12-10-8-6-4-2;/h27-31H,3-26H2,1-2H3;1H. The van der Waals surface area contributed by atoms with Crippen LogP contribution >= 0.6 is 12.4 Å². The van der Waals surface area contributed by atoms with Crippen LogP contribution in [0.3, 0.4) is 0 Å². The number of halogens is 1. The molecule has 0 aliphatic heterocycles. The maximum absolute atomic E-state index is 9.48. The van der Waals surface area contributed by atoms with Crippen molar-refractivity contribution in [1.29, 1.82) is 0 Å². The van der Waals surface area contributed by atoms with E-state index in [0.29, 0.717) is 12.1 Å². The highest BCUT2D eigenvalue weighted by molar-refractivity contribution is 5.85. The number of unbranched alkanes of at least 4 members (excludes halogenated alkanes) is 16. The monoisotopic (exact) mass is 477 g/mol. The van der Waals surface area contributed by atoms with Crippen LogP contribution in [0.5, 0.6) is 0 Å². The number of hydrogen-bond donors (Lipinski definition) is 3. The van der Waals surface area contributed by atoms with Crippen molar-refractivity contribution in [3.05, 3.63) is 0 Å². The molecule has 0 aromatic carbocycles. The Kier molecular flexibility index (Phi) is 31.3. The Morgan fingerprint density at radius 2 is 0.719 bits per heavy atom. The van der Waals surface area contributed by atoms with Crippen LogP contribution in [0, 0.1) is 0 Å². The van der Waals surface area contributed by atoms with Gasteiger partial charge < -0.3 is 15.5 Å². The fourth-order valence-corrected chi connectivity index (χ4v) is 4.67. The van der Waals surface area contributed by atoms with Crippen molar-refractivity contribution in [3.8, 4) is 0 Å². The van der Waals surface area contributed by atoms with Crippen molar-refractivity contribution in [2.45, 2.75) is 167 Å². The lowest BCUT2D eigenvalue weighted by molar-refractivity contribution is 0.224. The number of rotatable bonds is 26. The van der Waals surface area contributed by atoms with Crippen LogP contribution in [-0.4, -0.2) is 35.5 Å². The second-order valence-electron chi connectivity index (χ2n) is 9.82. The Labute approximate surface area is 208 Å². The molecule has 0 saturated heterocycles. The van der Waals surface area contributed by atoms with E-state index in [-0.39, 0.29) is 25.6 Å². The number of aliphatic hydroxyl groups is 2. The molecule has 0 bridgehead atoms. The lowest BCUT2D eigenvalue weighted by Crippen LogP contribution is -2.39. The summed E-state index contributed by atoms with van der Waals surface area (Å²) in [6.45, 7) is 5.08. The van der Waals surface area contributed by atoms with E-state index in [0.717, 1.165) is 25.7 Å². The fraction of sp³-hybridized carbons (Fsp3) is 1.00. The van der Waals surface area contributed by atoms with Crippen LogP contribution in [0.2, 0.25) is 0 Å². The predicted molar refractivity (Wildman–Crippen MR) is 145 cm³/mol. The van der Waals surface area contributed by atoms with E-state index in [2.05, 4.69) is 19.2 Å². The average molecular weight is 478 g/mol. The molecule has 3 N–H and O–H groups in total. The summed E-state index contributed by atoms with van der Waals surface area (Å²) < 4.78 is 0. The number of aliphatic hydroxyl groups excluding tert-OH is 2. The first-order valence-corrected chi connectivity index (χ1v) is 14.3. The zero-order valence-corrected chi connectivity index (χ0v) is 22.7. The zero-order valence-electron chi connectivity index (χ0n) is 21.9. The van der Waals surface area contributed by atoms with E-state index >= 15 is 0 Å². The van der Waals surface area contributed by atoms with E-state index in [1.165, 1.54) is 116 Å². The van der Waals surface area contributed by atoms with Crippen molar-refractivity contribution in [1.82, 2.24) is 5.32 Å². The first kappa shape index (κ1) is 34.3. The minimum absolute atomic E-state index is 0. The molecule has 0 fully saturated rings. The molecule has 0 amide bonds. The second-order valence-corrected chi connectivity index (χ2v) is 9.82. The summed E-state index contributed by atoms with van der Waals surface area (Å²) in [6, 6.07) is 0.814. The zero-order chi connectivity index (χ0) is 22.8. The first-order chi connectivity index (χ1) is 15.3. The molecular formula is C28H60ClNO2. The Morgan fingerprint density at radius 1 is 0.438 bits per heavy atom. The summed E-state index contributed by atoms with van der Waals surface area (Å²) >= 11 is 0. The van der Waals surface area contributed by atoms with Crippen LogP contribution in [0.4, 0.5) is 0 Å². The van der Waals surface area contributed by atoms with E-state index in [4.69, 9.17) is 0 Å². The maximum atomic E-state index is 9.48. The molecule has 0 saturated carbocycles. The van der Waals surface area contributed by atoms with Crippen LogP contribution in [0.25, 0.3) is 0 Å². The Morgan fingerprint density at radius 3 is 1.00 bits per heavy atom. The average Bonchev–Trinajstić information content (AvgIpc) is 2.77. The third-order valence-corrected chi connectivity index (χ3v) is 6.74. The van der Waals surface area contributed by atoms with Gasteiger partial charge in [0.2, 0.25) is 0 Å². The van der Waals surface area contributed by atoms with Crippen LogP contribution < -0.4 is 5.32 Å². The Balaban J connectivity index is 0. The highest BCUT2D eigenvalue weighted by atomic mass is 35.5. The molecule has 0 aromatic rings.